The van der Waals surface area contributed by atoms with E-state index in [0.29, 0.717) is 6.29 Å². The summed E-state index contributed by atoms with van der Waals surface area (Å²) < 4.78 is 0. The van der Waals surface area contributed by atoms with Gasteiger partial charge in [-0.05, 0) is 12.1 Å². The Morgan fingerprint density at radius 2 is 2.00 bits per heavy atom. The van der Waals surface area contributed by atoms with Crippen LogP contribution in [0.1, 0.15) is 15.9 Å². The number of carbonyl (C=O) groups is 2. The van der Waals surface area contributed by atoms with Crippen LogP contribution < -0.4 is 0 Å². The molecule has 0 unspecified atom stereocenters. The van der Waals surface area contributed by atoms with Crippen LogP contribution in [-0.2, 0) is 4.79 Å². The van der Waals surface area contributed by atoms with Crippen molar-refractivity contribution in [2.24, 2.45) is 0 Å². The minimum atomic E-state index is -1.37. The van der Waals surface area contributed by atoms with Gasteiger partial charge in [-0.25, -0.2) is 4.79 Å². The number of carboxylic acids is 1. The molecule has 0 saturated carbocycles. The summed E-state index contributed by atoms with van der Waals surface area (Å²) in [5, 5.41) is 26.7. The molecule has 0 bridgehead atoms. The number of benzene rings is 1. The number of hydrogen-bond acceptors (Lipinski definition) is 4. The summed E-state index contributed by atoms with van der Waals surface area (Å²) in [5.74, 6) is 1.43. The Morgan fingerprint density at radius 1 is 1.33 bits per heavy atom. The molecule has 1 aromatic rings. The van der Waals surface area contributed by atoms with E-state index in [1.54, 1.807) is 5.92 Å². The minimum absolute atomic E-state index is 0.0972. The molecule has 0 aliphatic rings. The Hall–Kier alpha value is -2.48. The van der Waals surface area contributed by atoms with Crippen molar-refractivity contribution in [3.8, 4) is 23.3 Å². The zero-order chi connectivity index (χ0) is 11.4. The van der Waals surface area contributed by atoms with Crippen LogP contribution in [0.5, 0.6) is 11.5 Å². The van der Waals surface area contributed by atoms with E-state index >= 15 is 0 Å². The molecule has 0 saturated heterocycles. The Kier molecular flexibility index (Phi) is 2.94. The molecule has 0 fully saturated rings. The van der Waals surface area contributed by atoms with E-state index in [9.17, 15) is 14.7 Å². The predicted octanol–water partition coefficient (Wildman–Crippen LogP) is 0.346. The first-order valence-electron chi connectivity index (χ1n) is 3.80. The van der Waals surface area contributed by atoms with E-state index in [2.05, 4.69) is 5.92 Å². The second-order valence-electron chi connectivity index (χ2n) is 2.61. The number of phenols is 2. The van der Waals surface area contributed by atoms with Crippen LogP contribution in [0.15, 0.2) is 12.1 Å². The van der Waals surface area contributed by atoms with Crippen molar-refractivity contribution in [3.63, 3.8) is 0 Å². The lowest BCUT2D eigenvalue weighted by atomic mass is 10.1. The molecule has 3 N–H and O–H groups in total. The summed E-state index contributed by atoms with van der Waals surface area (Å²) in [5.41, 5.74) is -0.0144. The molecule has 15 heavy (non-hydrogen) atoms. The van der Waals surface area contributed by atoms with Crippen molar-refractivity contribution < 1.29 is 24.9 Å². The Morgan fingerprint density at radius 3 is 2.53 bits per heavy atom. The van der Waals surface area contributed by atoms with E-state index in [4.69, 9.17) is 10.2 Å². The molecule has 5 heteroatoms. The predicted molar refractivity (Wildman–Crippen MR) is 49.7 cm³/mol. The van der Waals surface area contributed by atoms with Crippen LogP contribution >= 0.6 is 0 Å². The van der Waals surface area contributed by atoms with Crippen molar-refractivity contribution in [3.05, 3.63) is 23.3 Å². The first-order chi connectivity index (χ1) is 7.04. The highest BCUT2D eigenvalue weighted by Crippen LogP contribution is 2.29. The standard InChI is InChI=1S/C10H6O5/c11-5-6-3-7(1-2-9(13)14)10(15)8(12)4-6/h3-5,12,15H,(H,13,14). The van der Waals surface area contributed by atoms with Gasteiger partial charge in [0.15, 0.2) is 11.5 Å². The highest BCUT2D eigenvalue weighted by molar-refractivity contribution is 5.88. The lowest BCUT2D eigenvalue weighted by Gasteiger charge is -2.00. The molecule has 0 heterocycles. The summed E-state index contributed by atoms with van der Waals surface area (Å²) in [6, 6.07) is 2.23. The van der Waals surface area contributed by atoms with Crippen LogP contribution in [-0.4, -0.2) is 27.6 Å². The maximum atomic E-state index is 10.4. The largest absolute Gasteiger partial charge is 0.504 e. The molecule has 0 amide bonds. The van der Waals surface area contributed by atoms with Gasteiger partial charge in [-0.2, -0.15) is 0 Å². The maximum absolute atomic E-state index is 10.4. The smallest absolute Gasteiger partial charge is 0.382 e. The number of hydrogen-bond donors (Lipinski definition) is 3. The lowest BCUT2D eigenvalue weighted by Crippen LogP contribution is -1.89. The molecule has 1 aromatic carbocycles. The second kappa shape index (κ2) is 4.15. The molecular formula is C10H6O5. The number of carboxylic acid groups (broad SMARTS) is 1. The Bertz CT molecular complexity index is 479. The Labute approximate surface area is 84.6 Å². The topological polar surface area (TPSA) is 94.8 Å². The Balaban J connectivity index is 3.30. The molecule has 5 nitrogen and oxygen atoms in total. The van der Waals surface area contributed by atoms with Gasteiger partial charge in [0.2, 0.25) is 0 Å². The molecule has 0 atom stereocenters. The third-order valence-corrected chi connectivity index (χ3v) is 1.55. The van der Waals surface area contributed by atoms with Gasteiger partial charge in [-0.1, -0.05) is 5.92 Å². The van der Waals surface area contributed by atoms with Crippen LogP contribution in [0.4, 0.5) is 0 Å². The van der Waals surface area contributed by atoms with Gasteiger partial charge in [-0.15, -0.1) is 0 Å². The maximum Gasteiger partial charge on any atom is 0.382 e. The zero-order valence-corrected chi connectivity index (χ0v) is 7.39. The van der Waals surface area contributed by atoms with Crippen molar-refractivity contribution in [1.82, 2.24) is 0 Å². The van der Waals surface area contributed by atoms with Gasteiger partial charge in [0.25, 0.3) is 0 Å². The molecule has 0 radical (unpaired) electrons. The summed E-state index contributed by atoms with van der Waals surface area (Å²) in [6.45, 7) is 0. The van der Waals surface area contributed by atoms with Gasteiger partial charge in [0, 0.05) is 11.5 Å². The van der Waals surface area contributed by atoms with Gasteiger partial charge < -0.3 is 15.3 Å². The number of rotatable bonds is 1. The number of aldehydes is 1. The van der Waals surface area contributed by atoms with Crippen LogP contribution in [0, 0.1) is 11.8 Å². The molecule has 0 aliphatic heterocycles. The van der Waals surface area contributed by atoms with Crippen LogP contribution in [0.3, 0.4) is 0 Å². The average molecular weight is 206 g/mol. The van der Waals surface area contributed by atoms with Crippen molar-refractivity contribution in [1.29, 1.82) is 0 Å². The van der Waals surface area contributed by atoms with E-state index < -0.39 is 17.5 Å². The molecule has 0 spiro atoms. The third-order valence-electron chi connectivity index (χ3n) is 1.55. The van der Waals surface area contributed by atoms with Crippen LogP contribution in [0.2, 0.25) is 0 Å². The second-order valence-corrected chi connectivity index (χ2v) is 2.61. The van der Waals surface area contributed by atoms with Crippen molar-refractivity contribution >= 4 is 12.3 Å². The third kappa shape index (κ3) is 2.48. The number of aromatic hydroxyl groups is 2. The summed E-state index contributed by atoms with van der Waals surface area (Å²) >= 11 is 0. The molecule has 0 aromatic heterocycles. The van der Waals surface area contributed by atoms with E-state index in [0.717, 1.165) is 6.07 Å². The number of phenolic OH excluding ortho intramolecular Hbond substituents is 2. The van der Waals surface area contributed by atoms with Crippen molar-refractivity contribution in [2.75, 3.05) is 0 Å². The van der Waals surface area contributed by atoms with Crippen LogP contribution in [0.25, 0.3) is 0 Å². The lowest BCUT2D eigenvalue weighted by molar-refractivity contribution is -0.130. The quantitative estimate of drug-likeness (QED) is 0.350. The monoisotopic (exact) mass is 206 g/mol. The fourth-order valence-corrected chi connectivity index (χ4v) is 0.925. The SMILES string of the molecule is O=Cc1cc(O)c(O)c(C#CC(=O)O)c1. The van der Waals surface area contributed by atoms with Gasteiger partial charge in [0.05, 0.1) is 5.56 Å². The van der Waals surface area contributed by atoms with E-state index in [1.807, 2.05) is 0 Å². The minimum Gasteiger partial charge on any atom is -0.504 e. The molecular weight excluding hydrogens is 200 g/mol. The summed E-state index contributed by atoms with van der Waals surface area (Å²) in [7, 11) is 0. The first kappa shape index (κ1) is 10.6. The normalized spacial score (nSPS) is 8.80. The average Bonchev–Trinajstić information content (AvgIpc) is 2.19. The van der Waals surface area contributed by atoms with Gasteiger partial charge >= 0.3 is 5.97 Å². The first-order valence-corrected chi connectivity index (χ1v) is 3.80. The highest BCUT2D eigenvalue weighted by Gasteiger charge is 2.07. The molecule has 0 aliphatic carbocycles. The van der Waals surface area contributed by atoms with Crippen molar-refractivity contribution in [2.45, 2.75) is 0 Å². The summed E-state index contributed by atoms with van der Waals surface area (Å²) in [6.07, 6.45) is 0.450. The zero-order valence-electron chi connectivity index (χ0n) is 7.39. The fraction of sp³-hybridized carbons (Fsp3) is 0. The highest BCUT2D eigenvalue weighted by atomic mass is 16.4. The van der Waals surface area contributed by atoms with E-state index in [1.165, 1.54) is 6.07 Å². The van der Waals surface area contributed by atoms with E-state index in [-0.39, 0.29) is 11.1 Å². The number of carbonyl (C=O) groups excluding carboxylic acids is 1. The summed E-state index contributed by atoms with van der Waals surface area (Å²) in [4.78, 5) is 20.5. The van der Waals surface area contributed by atoms with Gasteiger partial charge in [0.1, 0.15) is 6.29 Å². The van der Waals surface area contributed by atoms with Gasteiger partial charge in [-0.3, -0.25) is 4.79 Å². The molecule has 1 rings (SSSR count). The molecule has 76 valence electrons. The fourth-order valence-electron chi connectivity index (χ4n) is 0.925. The number of aliphatic carboxylic acids is 1.